The molecule has 0 aromatic carbocycles. The molecule has 3 atom stereocenters. The van der Waals surface area contributed by atoms with Crippen LogP contribution in [0.25, 0.3) is 0 Å². The first kappa shape index (κ1) is 27.4. The molecule has 2 amide bonds. The first-order chi connectivity index (χ1) is 13.6. The average Bonchev–Trinajstić information content (AvgIpc) is 2.66. The van der Waals surface area contributed by atoms with Crippen molar-refractivity contribution in [2.75, 3.05) is 32.5 Å². The quantitative estimate of drug-likeness (QED) is 0.105. The van der Waals surface area contributed by atoms with E-state index in [-0.39, 0.29) is 19.4 Å². The van der Waals surface area contributed by atoms with Crippen molar-refractivity contribution in [1.29, 1.82) is 0 Å². The Balaban J connectivity index is 4.00. The number of nitrogens with two attached hydrogens (primary N) is 2. The number of amides is 2. The number of carbonyl (C=O) groups is 3. The molecule has 0 aromatic rings. The molecule has 0 saturated heterocycles. The van der Waals surface area contributed by atoms with Gasteiger partial charge in [0, 0.05) is 6.42 Å². The lowest BCUT2D eigenvalue weighted by Crippen LogP contribution is -2.45. The number of unbranched alkanes of at least 4 members (excludes halogenated alkanes) is 1. The van der Waals surface area contributed by atoms with Crippen molar-refractivity contribution in [2.45, 2.75) is 51.1 Å². The van der Waals surface area contributed by atoms with Gasteiger partial charge < -0.3 is 41.9 Å². The number of carboxylic acids is 1. The fourth-order valence-corrected chi connectivity index (χ4v) is 2.95. The van der Waals surface area contributed by atoms with Crippen LogP contribution in [0.1, 0.15) is 39.0 Å². The lowest BCUT2D eigenvalue weighted by Gasteiger charge is -2.17. The van der Waals surface area contributed by atoms with E-state index in [1.165, 1.54) is 6.92 Å². The van der Waals surface area contributed by atoms with Crippen LogP contribution >= 0.6 is 7.60 Å². The van der Waals surface area contributed by atoms with Crippen LogP contribution in [0, 0.1) is 0 Å². The third-order valence-corrected chi connectivity index (χ3v) is 4.97. The van der Waals surface area contributed by atoms with E-state index in [0.717, 1.165) is 19.4 Å². The molecular weight excluding hydrogens is 405 g/mol. The molecule has 0 bridgehead atoms. The molecule has 0 rings (SSSR count). The van der Waals surface area contributed by atoms with E-state index < -0.39 is 43.7 Å². The van der Waals surface area contributed by atoms with Crippen molar-refractivity contribution in [3.63, 3.8) is 0 Å². The second-order valence-electron chi connectivity index (χ2n) is 6.54. The van der Waals surface area contributed by atoms with Crippen LogP contribution in [-0.2, 0) is 23.5 Å². The molecule has 3 unspecified atom stereocenters. The third kappa shape index (κ3) is 15.0. The van der Waals surface area contributed by atoms with Crippen molar-refractivity contribution < 1.29 is 33.5 Å². The second kappa shape index (κ2) is 15.3. The van der Waals surface area contributed by atoms with Gasteiger partial charge in [0.2, 0.25) is 11.8 Å². The Labute approximate surface area is 170 Å². The van der Waals surface area contributed by atoms with Crippen molar-refractivity contribution in [3.05, 3.63) is 0 Å². The highest BCUT2D eigenvalue weighted by molar-refractivity contribution is 7.52. The van der Waals surface area contributed by atoms with E-state index >= 15 is 0 Å². The van der Waals surface area contributed by atoms with Gasteiger partial charge in [0.25, 0.3) is 0 Å². The van der Waals surface area contributed by atoms with E-state index in [1.54, 1.807) is 0 Å². The molecule has 0 aliphatic rings. The lowest BCUT2D eigenvalue weighted by molar-refractivity contribution is -0.138. The molecular formula is C16H34N5O7P. The maximum Gasteiger partial charge on any atom is 0.347 e. The summed E-state index contributed by atoms with van der Waals surface area (Å²) < 4.78 is 16.8. The maximum atomic E-state index is 11.9. The van der Waals surface area contributed by atoms with Gasteiger partial charge in [-0.3, -0.25) is 18.9 Å². The van der Waals surface area contributed by atoms with E-state index in [1.807, 2.05) is 0 Å². The van der Waals surface area contributed by atoms with Crippen molar-refractivity contribution in [2.24, 2.45) is 11.5 Å². The Morgan fingerprint density at radius 3 is 2.45 bits per heavy atom. The van der Waals surface area contributed by atoms with Gasteiger partial charge in [-0.15, -0.1) is 0 Å². The minimum absolute atomic E-state index is 0.0592. The van der Waals surface area contributed by atoms with Gasteiger partial charge in [0.05, 0.1) is 6.61 Å². The van der Waals surface area contributed by atoms with E-state index in [9.17, 15) is 23.8 Å². The van der Waals surface area contributed by atoms with Crippen molar-refractivity contribution >= 4 is 25.4 Å². The Bertz CT molecular complexity index is 564. The number of rotatable bonds is 17. The predicted molar refractivity (Wildman–Crippen MR) is 107 cm³/mol. The summed E-state index contributed by atoms with van der Waals surface area (Å²) in [6.45, 7) is 3.54. The number of aliphatic carboxylic acids is 1. The molecule has 12 nitrogen and oxygen atoms in total. The molecule has 0 aromatic heterocycles. The summed E-state index contributed by atoms with van der Waals surface area (Å²) in [4.78, 5) is 43.9. The number of carbonyl (C=O) groups excluding carboxylic acids is 2. The summed E-state index contributed by atoms with van der Waals surface area (Å²) in [6.07, 6.45) is 1.61. The molecule has 0 aliphatic heterocycles. The van der Waals surface area contributed by atoms with E-state index in [4.69, 9.17) is 21.1 Å². The predicted octanol–water partition coefficient (Wildman–Crippen LogP) is -1.32. The van der Waals surface area contributed by atoms with Gasteiger partial charge in [-0.05, 0) is 52.2 Å². The molecule has 0 heterocycles. The second-order valence-corrected chi connectivity index (χ2v) is 8.39. The topological polar surface area (TPSA) is 206 Å². The van der Waals surface area contributed by atoms with Crippen LogP contribution in [0.4, 0.5) is 0 Å². The molecule has 9 N–H and O–H groups in total. The molecule has 0 saturated carbocycles. The molecule has 170 valence electrons. The first-order valence-corrected chi connectivity index (χ1v) is 11.3. The smallest absolute Gasteiger partial charge is 0.347 e. The average molecular weight is 439 g/mol. The SMILES string of the molecule is CC(NC(=O)CCC(N)C(=O)O)C(=O)NCP(=O)(O)OCCCNCCCCN. The summed E-state index contributed by atoms with van der Waals surface area (Å²) >= 11 is 0. The van der Waals surface area contributed by atoms with Gasteiger partial charge in [0.15, 0.2) is 0 Å². The fourth-order valence-electron chi connectivity index (χ4n) is 2.09. The van der Waals surface area contributed by atoms with E-state index in [2.05, 4.69) is 16.0 Å². The van der Waals surface area contributed by atoms with Crippen LogP contribution in [0.15, 0.2) is 0 Å². The van der Waals surface area contributed by atoms with Gasteiger partial charge in [-0.1, -0.05) is 0 Å². The summed E-state index contributed by atoms with van der Waals surface area (Å²) in [5.74, 6) is -2.43. The standard InChI is InChI=1S/C16H34N5O7P/c1-12(21-14(22)6-5-13(18)16(24)25)15(23)20-11-29(26,27)28-10-4-9-19-8-3-2-7-17/h12-13,19H,2-11,17-18H2,1H3,(H,20,23)(H,21,22)(H,24,25)(H,26,27). The largest absolute Gasteiger partial charge is 0.480 e. The van der Waals surface area contributed by atoms with Crippen LogP contribution in [0.3, 0.4) is 0 Å². The number of nitrogens with one attached hydrogen (secondary N) is 3. The normalized spacial score (nSPS) is 15.2. The van der Waals surface area contributed by atoms with Gasteiger partial charge >= 0.3 is 13.6 Å². The van der Waals surface area contributed by atoms with Crippen LogP contribution in [0.2, 0.25) is 0 Å². The lowest BCUT2D eigenvalue weighted by atomic mass is 10.1. The zero-order valence-corrected chi connectivity index (χ0v) is 17.7. The minimum atomic E-state index is -3.99. The first-order valence-electron chi connectivity index (χ1n) is 9.51. The fraction of sp³-hybridized carbons (Fsp3) is 0.812. The van der Waals surface area contributed by atoms with Crippen molar-refractivity contribution in [1.82, 2.24) is 16.0 Å². The Kier molecular flexibility index (Phi) is 14.5. The van der Waals surface area contributed by atoms with Gasteiger partial charge in [0.1, 0.15) is 18.4 Å². The molecule has 0 fully saturated rings. The molecule has 29 heavy (non-hydrogen) atoms. The van der Waals surface area contributed by atoms with E-state index in [0.29, 0.717) is 19.5 Å². The monoisotopic (exact) mass is 439 g/mol. The zero-order chi connectivity index (χ0) is 22.3. The highest BCUT2D eigenvalue weighted by Crippen LogP contribution is 2.40. The highest BCUT2D eigenvalue weighted by Gasteiger charge is 2.23. The molecule has 0 spiro atoms. The molecule has 0 aliphatic carbocycles. The van der Waals surface area contributed by atoms with Crippen LogP contribution < -0.4 is 27.4 Å². The van der Waals surface area contributed by atoms with Crippen LogP contribution in [-0.4, -0.2) is 72.4 Å². The molecule has 13 heteroatoms. The number of hydrogen-bond acceptors (Lipinski definition) is 8. The number of carboxylic acid groups (broad SMARTS) is 1. The Morgan fingerprint density at radius 2 is 1.83 bits per heavy atom. The highest BCUT2D eigenvalue weighted by atomic mass is 31.2. The third-order valence-electron chi connectivity index (χ3n) is 3.82. The Hall–Kier alpha value is -1.56. The number of hydrogen-bond donors (Lipinski definition) is 7. The van der Waals surface area contributed by atoms with Gasteiger partial charge in [-0.25, -0.2) is 0 Å². The molecule has 0 radical (unpaired) electrons. The maximum absolute atomic E-state index is 11.9. The van der Waals surface area contributed by atoms with Crippen LogP contribution in [0.5, 0.6) is 0 Å². The Morgan fingerprint density at radius 1 is 1.17 bits per heavy atom. The van der Waals surface area contributed by atoms with Gasteiger partial charge in [-0.2, -0.15) is 0 Å². The summed E-state index contributed by atoms with van der Waals surface area (Å²) in [6, 6.07) is -2.13. The zero-order valence-electron chi connectivity index (χ0n) is 16.8. The summed E-state index contributed by atoms with van der Waals surface area (Å²) in [7, 11) is -3.99. The minimum Gasteiger partial charge on any atom is -0.480 e. The summed E-state index contributed by atoms with van der Waals surface area (Å²) in [5.41, 5.74) is 10.7. The van der Waals surface area contributed by atoms with Crippen molar-refractivity contribution in [3.8, 4) is 0 Å². The summed E-state index contributed by atoms with van der Waals surface area (Å²) in [5, 5.41) is 16.4.